The van der Waals surface area contributed by atoms with E-state index in [4.69, 9.17) is 15.2 Å². The molecule has 1 aromatic carbocycles. The molecule has 3 heteroatoms. The first-order valence-electron chi connectivity index (χ1n) is 7.85. The summed E-state index contributed by atoms with van der Waals surface area (Å²) in [7, 11) is 0. The van der Waals surface area contributed by atoms with Crippen molar-refractivity contribution < 1.29 is 9.47 Å². The number of hydrogen-bond acceptors (Lipinski definition) is 3. The second-order valence-electron chi connectivity index (χ2n) is 5.09. The molecule has 0 bridgehead atoms. The molecule has 0 aliphatic carbocycles. The topological polar surface area (TPSA) is 44.5 Å². The van der Waals surface area contributed by atoms with E-state index in [1.54, 1.807) is 0 Å². The zero-order valence-electron chi connectivity index (χ0n) is 13.2. The third kappa shape index (κ3) is 5.83. The second-order valence-corrected chi connectivity index (χ2v) is 5.09. The van der Waals surface area contributed by atoms with Crippen LogP contribution in [0.2, 0.25) is 0 Å². The van der Waals surface area contributed by atoms with Crippen molar-refractivity contribution in [2.24, 2.45) is 5.73 Å². The van der Waals surface area contributed by atoms with Gasteiger partial charge in [0.05, 0.1) is 13.2 Å². The van der Waals surface area contributed by atoms with E-state index in [0.717, 1.165) is 37.2 Å². The monoisotopic (exact) mass is 279 g/mol. The van der Waals surface area contributed by atoms with Gasteiger partial charge in [0, 0.05) is 6.04 Å². The number of benzene rings is 1. The fourth-order valence-corrected chi connectivity index (χ4v) is 2.33. The van der Waals surface area contributed by atoms with Crippen molar-refractivity contribution in [3.8, 4) is 11.5 Å². The molecule has 1 rings (SSSR count). The molecule has 0 aromatic heterocycles. The lowest BCUT2D eigenvalue weighted by Crippen LogP contribution is -2.19. The Hall–Kier alpha value is -1.22. The first kappa shape index (κ1) is 16.8. The Morgan fingerprint density at radius 3 is 2.35 bits per heavy atom. The summed E-state index contributed by atoms with van der Waals surface area (Å²) in [5, 5.41) is 0. The van der Waals surface area contributed by atoms with Crippen LogP contribution in [0.1, 0.15) is 52.0 Å². The lowest BCUT2D eigenvalue weighted by Gasteiger charge is -2.13. The Morgan fingerprint density at radius 2 is 1.70 bits per heavy atom. The van der Waals surface area contributed by atoms with E-state index in [1.807, 2.05) is 19.9 Å². The van der Waals surface area contributed by atoms with Crippen LogP contribution < -0.4 is 15.2 Å². The smallest absolute Gasteiger partial charge is 0.161 e. The van der Waals surface area contributed by atoms with Crippen LogP contribution in [0.3, 0.4) is 0 Å². The van der Waals surface area contributed by atoms with Crippen molar-refractivity contribution in [1.82, 2.24) is 0 Å². The van der Waals surface area contributed by atoms with E-state index in [-0.39, 0.29) is 0 Å². The molecule has 0 aliphatic heterocycles. The van der Waals surface area contributed by atoms with E-state index >= 15 is 0 Å². The molecule has 0 saturated carbocycles. The molecule has 3 nitrogen and oxygen atoms in total. The van der Waals surface area contributed by atoms with Gasteiger partial charge in [0.2, 0.25) is 0 Å². The van der Waals surface area contributed by atoms with E-state index in [2.05, 4.69) is 19.1 Å². The van der Waals surface area contributed by atoms with Crippen LogP contribution in [0.15, 0.2) is 18.2 Å². The van der Waals surface area contributed by atoms with E-state index in [0.29, 0.717) is 19.3 Å². The molecule has 1 atom stereocenters. The Kier molecular flexibility index (Phi) is 8.12. The van der Waals surface area contributed by atoms with Crippen molar-refractivity contribution in [1.29, 1.82) is 0 Å². The van der Waals surface area contributed by atoms with Gasteiger partial charge in [-0.2, -0.15) is 0 Å². The number of rotatable bonds is 10. The Labute approximate surface area is 123 Å². The minimum Gasteiger partial charge on any atom is -0.490 e. The predicted octanol–water partition coefficient (Wildman–Crippen LogP) is 3.93. The lowest BCUT2D eigenvalue weighted by molar-refractivity contribution is 0.287. The molecule has 0 amide bonds. The third-order valence-corrected chi connectivity index (χ3v) is 3.31. The van der Waals surface area contributed by atoms with E-state index in [9.17, 15) is 0 Å². The van der Waals surface area contributed by atoms with Crippen LogP contribution in [-0.4, -0.2) is 19.3 Å². The van der Waals surface area contributed by atoms with Gasteiger partial charge in [-0.15, -0.1) is 0 Å². The molecule has 0 radical (unpaired) electrons. The second kappa shape index (κ2) is 9.65. The first-order valence-corrected chi connectivity index (χ1v) is 7.85. The van der Waals surface area contributed by atoms with E-state index < -0.39 is 0 Å². The number of aryl methyl sites for hydroxylation is 1. The third-order valence-electron chi connectivity index (χ3n) is 3.31. The Bertz CT molecular complexity index is 379. The minimum atomic E-state index is 0.342. The lowest BCUT2D eigenvalue weighted by atomic mass is 10.0. The van der Waals surface area contributed by atoms with E-state index in [1.165, 1.54) is 12.0 Å². The number of hydrogen-bond donors (Lipinski definition) is 1. The van der Waals surface area contributed by atoms with Crippen molar-refractivity contribution in [3.05, 3.63) is 23.8 Å². The normalized spacial score (nSPS) is 12.2. The maximum Gasteiger partial charge on any atom is 0.161 e. The Morgan fingerprint density at radius 1 is 1.00 bits per heavy atom. The summed E-state index contributed by atoms with van der Waals surface area (Å²) in [5.74, 6) is 1.69. The highest BCUT2D eigenvalue weighted by atomic mass is 16.5. The standard InChI is InChI=1S/C17H29NO2/c1-4-8-15(18)10-7-9-14-11-12-16(19-5-2)17(13-14)20-6-3/h11-13,15H,4-10,18H2,1-3H3. The van der Waals surface area contributed by atoms with Crippen molar-refractivity contribution in [2.75, 3.05) is 13.2 Å². The summed E-state index contributed by atoms with van der Waals surface area (Å²) in [4.78, 5) is 0. The average molecular weight is 279 g/mol. The molecule has 0 spiro atoms. The maximum absolute atomic E-state index is 6.04. The zero-order valence-corrected chi connectivity index (χ0v) is 13.2. The van der Waals surface area contributed by atoms with Crippen molar-refractivity contribution >= 4 is 0 Å². The predicted molar refractivity (Wildman–Crippen MR) is 84.6 cm³/mol. The van der Waals surface area contributed by atoms with Crippen molar-refractivity contribution in [3.63, 3.8) is 0 Å². The molecule has 0 fully saturated rings. The van der Waals surface area contributed by atoms with Gasteiger partial charge in [0.15, 0.2) is 11.5 Å². The number of ether oxygens (including phenoxy) is 2. The molecular weight excluding hydrogens is 250 g/mol. The Balaban J connectivity index is 2.55. The summed E-state index contributed by atoms with van der Waals surface area (Å²) in [6, 6.07) is 6.57. The molecule has 1 unspecified atom stereocenters. The highest BCUT2D eigenvalue weighted by Gasteiger charge is 2.07. The highest BCUT2D eigenvalue weighted by molar-refractivity contribution is 5.43. The van der Waals surface area contributed by atoms with Crippen LogP contribution in [0, 0.1) is 0 Å². The maximum atomic E-state index is 6.04. The summed E-state index contributed by atoms with van der Waals surface area (Å²) < 4.78 is 11.2. The quantitative estimate of drug-likeness (QED) is 0.705. The molecular formula is C17H29NO2. The first-order chi connectivity index (χ1) is 9.71. The fraction of sp³-hybridized carbons (Fsp3) is 0.647. The van der Waals surface area contributed by atoms with Gasteiger partial charge < -0.3 is 15.2 Å². The zero-order chi connectivity index (χ0) is 14.8. The van der Waals surface area contributed by atoms with Crippen LogP contribution >= 0.6 is 0 Å². The molecule has 2 N–H and O–H groups in total. The highest BCUT2D eigenvalue weighted by Crippen LogP contribution is 2.29. The molecule has 1 aromatic rings. The van der Waals surface area contributed by atoms with Crippen molar-refractivity contribution in [2.45, 2.75) is 58.9 Å². The van der Waals surface area contributed by atoms with Crippen LogP contribution in [0.5, 0.6) is 11.5 Å². The molecule has 20 heavy (non-hydrogen) atoms. The summed E-state index contributed by atoms with van der Waals surface area (Å²) in [5.41, 5.74) is 7.34. The average Bonchev–Trinajstić information content (AvgIpc) is 2.42. The summed E-state index contributed by atoms with van der Waals surface area (Å²) >= 11 is 0. The van der Waals surface area contributed by atoms with Gasteiger partial charge in [-0.05, 0) is 57.2 Å². The fourth-order valence-electron chi connectivity index (χ4n) is 2.33. The van der Waals surface area contributed by atoms with Gasteiger partial charge >= 0.3 is 0 Å². The van der Waals surface area contributed by atoms with Crippen LogP contribution in [0.25, 0.3) is 0 Å². The molecule has 0 saturated heterocycles. The van der Waals surface area contributed by atoms with Gasteiger partial charge in [0.25, 0.3) is 0 Å². The van der Waals surface area contributed by atoms with Gasteiger partial charge in [-0.1, -0.05) is 19.4 Å². The van der Waals surface area contributed by atoms with Crippen LogP contribution in [0.4, 0.5) is 0 Å². The summed E-state index contributed by atoms with van der Waals surface area (Å²) in [6.07, 6.45) is 5.54. The van der Waals surface area contributed by atoms with Crippen LogP contribution in [-0.2, 0) is 6.42 Å². The SMILES string of the molecule is CCCC(N)CCCc1ccc(OCC)c(OCC)c1. The summed E-state index contributed by atoms with van der Waals surface area (Å²) in [6.45, 7) is 7.47. The molecule has 0 aliphatic rings. The largest absolute Gasteiger partial charge is 0.490 e. The van der Waals surface area contributed by atoms with Gasteiger partial charge in [-0.3, -0.25) is 0 Å². The molecule has 0 heterocycles. The minimum absolute atomic E-state index is 0.342. The number of nitrogens with two attached hydrogens (primary N) is 1. The molecule has 114 valence electrons. The van der Waals surface area contributed by atoms with Gasteiger partial charge in [-0.25, -0.2) is 0 Å². The van der Waals surface area contributed by atoms with Gasteiger partial charge in [0.1, 0.15) is 0 Å².